The van der Waals surface area contributed by atoms with E-state index in [1.165, 1.54) is 6.07 Å². The van der Waals surface area contributed by atoms with Crippen LogP contribution in [0.2, 0.25) is 0 Å². The Morgan fingerprint density at radius 3 is 2.86 bits per heavy atom. The van der Waals surface area contributed by atoms with Crippen LogP contribution in [0, 0.1) is 0 Å². The minimum Gasteiger partial charge on any atom is -0.508 e. The summed E-state index contributed by atoms with van der Waals surface area (Å²) >= 11 is 0. The van der Waals surface area contributed by atoms with Crippen LogP contribution >= 0.6 is 9.24 Å². The standard InChI is InChI=1S/C9H9O4P/c10-4-1-5(11)9-6(12)3-8(14)13-7(9)2-4/h1-2,8,10-11H,3,14H2/t8-/m1/s1. The number of hydrogen-bond acceptors (Lipinski definition) is 4. The van der Waals surface area contributed by atoms with Gasteiger partial charge < -0.3 is 14.9 Å². The number of hydrogen-bond donors (Lipinski definition) is 2. The third kappa shape index (κ3) is 1.42. The number of ether oxygens (including phenoxy) is 1. The average molecular weight is 212 g/mol. The molecule has 5 heteroatoms. The third-order valence-electron chi connectivity index (χ3n) is 2.01. The number of rotatable bonds is 0. The summed E-state index contributed by atoms with van der Waals surface area (Å²) < 4.78 is 5.29. The van der Waals surface area contributed by atoms with Gasteiger partial charge in [-0.25, -0.2) is 0 Å². The topological polar surface area (TPSA) is 66.8 Å². The zero-order valence-corrected chi connectivity index (χ0v) is 8.38. The van der Waals surface area contributed by atoms with E-state index in [0.29, 0.717) is 0 Å². The van der Waals surface area contributed by atoms with Crippen LogP contribution in [0.4, 0.5) is 0 Å². The van der Waals surface area contributed by atoms with E-state index >= 15 is 0 Å². The van der Waals surface area contributed by atoms with Crippen LogP contribution in [0.25, 0.3) is 0 Å². The van der Waals surface area contributed by atoms with Crippen LogP contribution in [0.3, 0.4) is 0 Å². The number of fused-ring (bicyclic) bond motifs is 1. The molecule has 0 spiro atoms. The summed E-state index contributed by atoms with van der Waals surface area (Å²) in [4.78, 5) is 11.5. The first-order chi connectivity index (χ1) is 6.58. The molecule has 4 nitrogen and oxygen atoms in total. The Bertz CT molecular complexity index is 402. The Morgan fingerprint density at radius 2 is 2.14 bits per heavy atom. The Kier molecular flexibility index (Phi) is 2.08. The molecule has 0 radical (unpaired) electrons. The Hall–Kier alpha value is -1.28. The fourth-order valence-corrected chi connectivity index (χ4v) is 1.81. The van der Waals surface area contributed by atoms with Crippen LogP contribution in [0.5, 0.6) is 17.2 Å². The zero-order chi connectivity index (χ0) is 10.3. The van der Waals surface area contributed by atoms with Crippen molar-refractivity contribution < 1.29 is 19.7 Å². The maximum atomic E-state index is 11.5. The fourth-order valence-electron chi connectivity index (χ4n) is 1.45. The molecule has 74 valence electrons. The van der Waals surface area contributed by atoms with E-state index < -0.39 is 0 Å². The molecular weight excluding hydrogens is 203 g/mol. The van der Waals surface area contributed by atoms with Gasteiger partial charge in [-0.3, -0.25) is 4.79 Å². The van der Waals surface area contributed by atoms with Crippen molar-refractivity contribution in [1.29, 1.82) is 0 Å². The molecule has 0 saturated carbocycles. The summed E-state index contributed by atoms with van der Waals surface area (Å²) in [6.45, 7) is 0. The molecule has 1 aliphatic heterocycles. The van der Waals surface area contributed by atoms with Crippen LogP contribution in [-0.2, 0) is 0 Å². The van der Waals surface area contributed by atoms with Crippen LogP contribution < -0.4 is 4.74 Å². The minimum atomic E-state index is -0.295. The number of phenolic OH excluding ortho intramolecular Hbond substituents is 2. The fraction of sp³-hybridized carbons (Fsp3) is 0.222. The van der Waals surface area contributed by atoms with Crippen LogP contribution in [0.15, 0.2) is 12.1 Å². The highest BCUT2D eigenvalue weighted by molar-refractivity contribution is 7.17. The summed E-state index contributed by atoms with van der Waals surface area (Å²) in [6.07, 6.45) is 0.218. The smallest absolute Gasteiger partial charge is 0.174 e. The zero-order valence-electron chi connectivity index (χ0n) is 7.23. The number of ketones is 1. The lowest BCUT2D eigenvalue weighted by atomic mass is 10.0. The first-order valence-corrected chi connectivity index (χ1v) is 4.76. The monoisotopic (exact) mass is 212 g/mol. The van der Waals surface area contributed by atoms with E-state index in [-0.39, 0.29) is 40.9 Å². The highest BCUT2D eigenvalue weighted by Gasteiger charge is 2.27. The summed E-state index contributed by atoms with van der Waals surface area (Å²) in [5.41, 5.74) is 0.154. The van der Waals surface area contributed by atoms with Crippen molar-refractivity contribution in [2.45, 2.75) is 12.3 Å². The molecule has 1 aromatic rings. The van der Waals surface area contributed by atoms with Gasteiger partial charge in [-0.15, -0.1) is 0 Å². The van der Waals surface area contributed by atoms with Gasteiger partial charge in [0.05, 0.1) is 6.42 Å². The molecule has 0 aromatic heterocycles. The van der Waals surface area contributed by atoms with E-state index in [0.717, 1.165) is 6.07 Å². The van der Waals surface area contributed by atoms with Gasteiger partial charge in [-0.2, -0.15) is 0 Å². The first kappa shape index (κ1) is 9.28. The molecular formula is C9H9O4P. The second-order valence-corrected chi connectivity index (χ2v) is 3.87. The Labute approximate surface area is 82.7 Å². The van der Waals surface area contributed by atoms with Gasteiger partial charge in [0, 0.05) is 12.1 Å². The molecule has 1 aromatic carbocycles. The number of phenols is 2. The van der Waals surface area contributed by atoms with E-state index in [2.05, 4.69) is 9.24 Å². The van der Waals surface area contributed by atoms with Gasteiger partial charge in [0.2, 0.25) is 0 Å². The van der Waals surface area contributed by atoms with Crippen molar-refractivity contribution in [2.75, 3.05) is 0 Å². The molecule has 0 saturated heterocycles. The van der Waals surface area contributed by atoms with Gasteiger partial charge in [0.15, 0.2) is 5.78 Å². The molecule has 0 aliphatic carbocycles. The minimum absolute atomic E-state index is 0.117. The Balaban J connectivity index is 2.59. The van der Waals surface area contributed by atoms with Crippen LogP contribution in [-0.4, -0.2) is 21.8 Å². The molecule has 2 rings (SSSR count). The molecule has 1 unspecified atom stereocenters. The summed E-state index contributed by atoms with van der Waals surface area (Å²) in [5.74, 6) is -0.589. The number of aromatic hydroxyl groups is 2. The van der Waals surface area contributed by atoms with E-state index in [4.69, 9.17) is 4.74 Å². The quantitative estimate of drug-likeness (QED) is 0.635. The first-order valence-electron chi connectivity index (χ1n) is 4.09. The summed E-state index contributed by atoms with van der Waals surface area (Å²) in [7, 11) is 2.38. The molecule has 0 amide bonds. The van der Waals surface area contributed by atoms with Gasteiger partial charge in [-0.05, 0) is 0 Å². The molecule has 1 aliphatic rings. The third-order valence-corrected chi connectivity index (χ3v) is 2.38. The predicted octanol–water partition coefficient (Wildman–Crippen LogP) is 1.26. The second kappa shape index (κ2) is 3.14. The molecule has 0 bridgehead atoms. The lowest BCUT2D eigenvalue weighted by molar-refractivity contribution is 0.0913. The SMILES string of the molecule is O=C1C[C@@H](P)Oc2cc(O)cc(O)c21. The number of benzene rings is 1. The van der Waals surface area contributed by atoms with Crippen molar-refractivity contribution in [1.82, 2.24) is 0 Å². The Morgan fingerprint density at radius 1 is 1.43 bits per heavy atom. The predicted molar refractivity (Wildman–Crippen MR) is 52.8 cm³/mol. The normalized spacial score (nSPS) is 20.1. The van der Waals surface area contributed by atoms with E-state index in [1.807, 2.05) is 0 Å². The van der Waals surface area contributed by atoms with E-state index in [9.17, 15) is 15.0 Å². The molecule has 0 fully saturated rings. The highest BCUT2D eigenvalue weighted by atomic mass is 31.0. The second-order valence-electron chi connectivity index (χ2n) is 3.12. The summed E-state index contributed by atoms with van der Waals surface area (Å²) in [6, 6.07) is 2.45. The largest absolute Gasteiger partial charge is 0.508 e. The van der Waals surface area contributed by atoms with Crippen molar-refractivity contribution in [2.24, 2.45) is 0 Å². The lowest BCUT2D eigenvalue weighted by Gasteiger charge is -2.22. The number of carbonyl (C=O) groups excluding carboxylic acids is 1. The van der Waals surface area contributed by atoms with Gasteiger partial charge in [0.1, 0.15) is 28.7 Å². The highest BCUT2D eigenvalue weighted by Crippen LogP contribution is 2.38. The van der Waals surface area contributed by atoms with Gasteiger partial charge >= 0.3 is 0 Å². The van der Waals surface area contributed by atoms with Crippen molar-refractivity contribution in [3.8, 4) is 17.2 Å². The van der Waals surface area contributed by atoms with Crippen LogP contribution in [0.1, 0.15) is 16.8 Å². The van der Waals surface area contributed by atoms with Crippen molar-refractivity contribution in [3.63, 3.8) is 0 Å². The molecule has 14 heavy (non-hydrogen) atoms. The summed E-state index contributed by atoms with van der Waals surface area (Å²) in [5, 5.41) is 18.6. The molecule has 2 atom stereocenters. The van der Waals surface area contributed by atoms with Gasteiger partial charge in [0.25, 0.3) is 0 Å². The maximum Gasteiger partial charge on any atom is 0.174 e. The molecule has 2 N–H and O–H groups in total. The number of Topliss-reactive ketones (excluding diaryl/α,β-unsaturated/α-hetero) is 1. The van der Waals surface area contributed by atoms with Crippen molar-refractivity contribution in [3.05, 3.63) is 17.7 Å². The average Bonchev–Trinajstić information content (AvgIpc) is 1.99. The van der Waals surface area contributed by atoms with Gasteiger partial charge in [-0.1, -0.05) is 9.24 Å². The lowest BCUT2D eigenvalue weighted by Crippen LogP contribution is -2.21. The number of carbonyl (C=O) groups is 1. The molecule has 1 heterocycles. The van der Waals surface area contributed by atoms with Crippen molar-refractivity contribution >= 4 is 15.0 Å². The van der Waals surface area contributed by atoms with E-state index in [1.54, 1.807) is 0 Å². The maximum absolute atomic E-state index is 11.5.